The molecule has 1 aliphatic rings. The molecule has 3 nitrogen and oxygen atoms in total. The van der Waals surface area contributed by atoms with Gasteiger partial charge in [-0.2, -0.15) is 0 Å². The summed E-state index contributed by atoms with van der Waals surface area (Å²) in [6, 6.07) is 7.23. The molecular weight excluding hydrogens is 214 g/mol. The first-order valence-electron chi connectivity index (χ1n) is 4.40. The first-order chi connectivity index (χ1) is 7.16. The van der Waals surface area contributed by atoms with Crippen molar-refractivity contribution in [1.82, 2.24) is 0 Å². The van der Waals surface area contributed by atoms with Crippen LogP contribution in [0.4, 0.5) is 0 Å². The fourth-order valence-electron chi connectivity index (χ4n) is 1.26. The molecule has 0 saturated carbocycles. The van der Waals surface area contributed by atoms with E-state index in [1.165, 1.54) is 0 Å². The molecule has 0 fully saturated rings. The highest BCUT2D eigenvalue weighted by molar-refractivity contribution is 6.32. The second-order valence-electron chi connectivity index (χ2n) is 3.07. The predicted molar refractivity (Wildman–Crippen MR) is 58.6 cm³/mol. The molecule has 1 aromatic carbocycles. The van der Waals surface area contributed by atoms with Gasteiger partial charge in [-0.05, 0) is 17.7 Å². The highest BCUT2D eigenvalue weighted by Gasteiger charge is 2.19. The molecule has 2 rings (SSSR count). The second kappa shape index (κ2) is 3.87. The van der Waals surface area contributed by atoms with Gasteiger partial charge < -0.3 is 4.74 Å². The summed E-state index contributed by atoms with van der Waals surface area (Å²) in [5, 5.41) is 0.581. The van der Waals surface area contributed by atoms with Crippen LogP contribution in [0.1, 0.15) is 12.5 Å². The van der Waals surface area contributed by atoms with E-state index >= 15 is 0 Å². The topological polar surface area (TPSA) is 38.7 Å². The summed E-state index contributed by atoms with van der Waals surface area (Å²) >= 11 is 5.94. The Labute approximate surface area is 92.0 Å². The Kier molecular flexibility index (Phi) is 2.56. The number of cyclic esters (lactones) is 1. The predicted octanol–water partition coefficient (Wildman–Crippen LogP) is 2.66. The molecule has 0 spiro atoms. The number of nitrogens with zero attached hydrogens (tertiary/aromatic N) is 1. The first kappa shape index (κ1) is 9.93. The highest BCUT2D eigenvalue weighted by atomic mass is 35.5. The van der Waals surface area contributed by atoms with Crippen molar-refractivity contribution in [2.24, 2.45) is 4.99 Å². The minimum Gasteiger partial charge on any atom is -0.407 e. The van der Waals surface area contributed by atoms with E-state index in [9.17, 15) is 4.79 Å². The molecule has 4 heteroatoms. The number of hydrogen-bond acceptors (Lipinski definition) is 3. The van der Waals surface area contributed by atoms with Crippen molar-refractivity contribution in [1.29, 1.82) is 0 Å². The van der Waals surface area contributed by atoms with Gasteiger partial charge in [0.25, 0.3) is 0 Å². The van der Waals surface area contributed by atoms with Crippen molar-refractivity contribution in [3.05, 3.63) is 40.5 Å². The summed E-state index contributed by atoms with van der Waals surface area (Å²) in [6.45, 7) is 1.63. The van der Waals surface area contributed by atoms with E-state index in [-0.39, 0.29) is 5.70 Å². The Morgan fingerprint density at radius 3 is 2.73 bits per heavy atom. The molecule has 0 N–H and O–H groups in total. The number of hydrogen-bond donors (Lipinski definition) is 0. The van der Waals surface area contributed by atoms with Gasteiger partial charge in [-0.15, -0.1) is 0 Å². The van der Waals surface area contributed by atoms with Crippen LogP contribution >= 0.6 is 11.6 Å². The minimum absolute atomic E-state index is 0.278. The standard InChI is InChI=1S/C11H8ClNO2/c1-7-13-10(11(14)15-7)6-8-4-2-3-5-9(8)12/h2-6H,1H3. The highest BCUT2D eigenvalue weighted by Crippen LogP contribution is 2.21. The van der Waals surface area contributed by atoms with Crippen molar-refractivity contribution in [3.63, 3.8) is 0 Å². The smallest absolute Gasteiger partial charge is 0.363 e. The normalized spacial score (nSPS) is 17.9. The second-order valence-corrected chi connectivity index (χ2v) is 3.48. The van der Waals surface area contributed by atoms with Crippen molar-refractivity contribution >= 4 is 29.5 Å². The van der Waals surface area contributed by atoms with Gasteiger partial charge in [0.1, 0.15) is 0 Å². The molecule has 1 aromatic rings. The molecule has 0 atom stereocenters. The maximum absolute atomic E-state index is 11.3. The fraction of sp³-hybridized carbons (Fsp3) is 0.0909. The minimum atomic E-state index is -0.438. The molecule has 0 aliphatic carbocycles. The molecular formula is C11H8ClNO2. The van der Waals surface area contributed by atoms with E-state index in [2.05, 4.69) is 4.99 Å². The SMILES string of the molecule is CC1=NC(=Cc2ccccc2Cl)C(=O)O1. The zero-order chi connectivity index (χ0) is 10.8. The van der Waals surface area contributed by atoms with E-state index in [0.29, 0.717) is 10.9 Å². The monoisotopic (exact) mass is 221 g/mol. The average Bonchev–Trinajstić information content (AvgIpc) is 2.49. The molecule has 15 heavy (non-hydrogen) atoms. The van der Waals surface area contributed by atoms with Gasteiger partial charge in [0, 0.05) is 11.9 Å². The molecule has 0 unspecified atom stereocenters. The molecule has 1 aliphatic heterocycles. The van der Waals surface area contributed by atoms with Gasteiger partial charge in [0.2, 0.25) is 0 Å². The van der Waals surface area contributed by atoms with Crippen molar-refractivity contribution in [2.45, 2.75) is 6.92 Å². The lowest BCUT2D eigenvalue weighted by Gasteiger charge is -1.96. The third-order valence-corrected chi connectivity index (χ3v) is 2.27. The number of esters is 1. The summed E-state index contributed by atoms with van der Waals surface area (Å²) < 4.78 is 4.79. The lowest BCUT2D eigenvalue weighted by atomic mass is 10.2. The first-order valence-corrected chi connectivity index (χ1v) is 4.78. The Hall–Kier alpha value is -1.61. The number of ether oxygens (including phenoxy) is 1. The van der Waals surface area contributed by atoms with Crippen LogP contribution < -0.4 is 0 Å². The van der Waals surface area contributed by atoms with E-state index < -0.39 is 5.97 Å². The van der Waals surface area contributed by atoms with Gasteiger partial charge in [-0.25, -0.2) is 9.79 Å². The molecule has 0 bridgehead atoms. The zero-order valence-corrected chi connectivity index (χ0v) is 8.78. The van der Waals surface area contributed by atoms with Crippen LogP contribution in [0.2, 0.25) is 5.02 Å². The van der Waals surface area contributed by atoms with Gasteiger partial charge in [-0.3, -0.25) is 0 Å². The average molecular weight is 222 g/mol. The van der Waals surface area contributed by atoms with Crippen molar-refractivity contribution < 1.29 is 9.53 Å². The maximum Gasteiger partial charge on any atom is 0.363 e. The van der Waals surface area contributed by atoms with Crippen LogP contribution in [-0.4, -0.2) is 11.9 Å². The number of aliphatic imine (C=N–C) groups is 1. The van der Waals surface area contributed by atoms with E-state index in [0.717, 1.165) is 5.56 Å². The van der Waals surface area contributed by atoms with Crippen LogP contribution in [0, 0.1) is 0 Å². The summed E-state index contributed by atoms with van der Waals surface area (Å²) in [5.41, 5.74) is 1.03. The van der Waals surface area contributed by atoms with Crippen LogP contribution in [0.15, 0.2) is 35.0 Å². The van der Waals surface area contributed by atoms with Crippen LogP contribution in [-0.2, 0) is 9.53 Å². The zero-order valence-electron chi connectivity index (χ0n) is 8.03. The van der Waals surface area contributed by atoms with Crippen molar-refractivity contribution in [2.75, 3.05) is 0 Å². The molecule has 0 aromatic heterocycles. The Morgan fingerprint density at radius 2 is 2.13 bits per heavy atom. The van der Waals surface area contributed by atoms with Crippen LogP contribution in [0.3, 0.4) is 0 Å². The Morgan fingerprint density at radius 1 is 1.40 bits per heavy atom. The molecule has 76 valence electrons. The molecule has 1 heterocycles. The van der Waals surface area contributed by atoms with Crippen molar-refractivity contribution in [3.8, 4) is 0 Å². The molecule has 0 amide bonds. The summed E-state index contributed by atoms with van der Waals surface area (Å²) in [7, 11) is 0. The van der Waals surface area contributed by atoms with E-state index in [4.69, 9.17) is 16.3 Å². The van der Waals surface area contributed by atoms with Gasteiger partial charge in [0.15, 0.2) is 11.6 Å². The van der Waals surface area contributed by atoms with Gasteiger partial charge >= 0.3 is 5.97 Å². The fourth-order valence-corrected chi connectivity index (χ4v) is 1.45. The summed E-state index contributed by atoms with van der Waals surface area (Å²) in [4.78, 5) is 15.2. The Bertz CT molecular complexity index is 477. The van der Waals surface area contributed by atoms with E-state index in [1.54, 1.807) is 19.1 Å². The van der Waals surface area contributed by atoms with Crippen LogP contribution in [0.25, 0.3) is 6.08 Å². The summed E-state index contributed by atoms with van der Waals surface area (Å²) in [5.74, 6) is -0.0780. The van der Waals surface area contributed by atoms with Crippen LogP contribution in [0.5, 0.6) is 0 Å². The van der Waals surface area contributed by atoms with Gasteiger partial charge in [-0.1, -0.05) is 29.8 Å². The third-order valence-electron chi connectivity index (χ3n) is 1.92. The van der Waals surface area contributed by atoms with Gasteiger partial charge in [0.05, 0.1) is 0 Å². The molecule has 0 saturated heterocycles. The lowest BCUT2D eigenvalue weighted by molar-refractivity contribution is -0.130. The Balaban J connectivity index is 2.39. The lowest BCUT2D eigenvalue weighted by Crippen LogP contribution is -1.99. The number of carbonyl (C=O) groups is 1. The summed E-state index contributed by atoms with van der Waals surface area (Å²) in [6.07, 6.45) is 1.61. The number of halogens is 1. The largest absolute Gasteiger partial charge is 0.407 e. The number of rotatable bonds is 1. The molecule has 0 radical (unpaired) electrons. The number of benzene rings is 1. The third kappa shape index (κ3) is 2.07. The van der Waals surface area contributed by atoms with E-state index in [1.807, 2.05) is 18.2 Å². The number of carbonyl (C=O) groups excluding carboxylic acids is 1. The quantitative estimate of drug-likeness (QED) is 0.540. The maximum atomic E-state index is 11.3.